The van der Waals surface area contributed by atoms with Crippen molar-refractivity contribution < 1.29 is 4.74 Å². The summed E-state index contributed by atoms with van der Waals surface area (Å²) in [5.41, 5.74) is 6.49. The van der Waals surface area contributed by atoms with Crippen molar-refractivity contribution >= 4 is 15.9 Å². The van der Waals surface area contributed by atoms with Gasteiger partial charge in [-0.05, 0) is 39.7 Å². The van der Waals surface area contributed by atoms with E-state index in [0.717, 1.165) is 15.8 Å². The third-order valence-electron chi connectivity index (χ3n) is 2.07. The zero-order valence-corrected chi connectivity index (χ0v) is 10.1. The van der Waals surface area contributed by atoms with Gasteiger partial charge in [0.1, 0.15) is 11.5 Å². The molecule has 0 spiro atoms. The molecule has 0 aliphatic carbocycles. The van der Waals surface area contributed by atoms with Gasteiger partial charge in [0.2, 0.25) is 0 Å². The molecule has 16 heavy (non-hydrogen) atoms. The monoisotopic (exact) mass is 278 g/mol. The van der Waals surface area contributed by atoms with Gasteiger partial charge in [-0.15, -0.1) is 0 Å². The molecule has 0 saturated heterocycles. The zero-order valence-electron chi connectivity index (χ0n) is 8.56. The van der Waals surface area contributed by atoms with E-state index in [0.29, 0.717) is 12.3 Å². The summed E-state index contributed by atoms with van der Waals surface area (Å²) in [6.45, 7) is 0.458. The molecule has 2 rings (SSSR count). The first kappa shape index (κ1) is 11.1. The molecular formula is C12H11BrN2O. The number of nitrogens with two attached hydrogens (primary N) is 1. The highest BCUT2D eigenvalue weighted by molar-refractivity contribution is 9.10. The Bertz CT molecular complexity index is 488. The maximum Gasteiger partial charge on any atom is 0.146 e. The molecule has 0 bridgehead atoms. The van der Waals surface area contributed by atoms with Crippen LogP contribution >= 0.6 is 15.9 Å². The molecule has 0 unspecified atom stereocenters. The number of hydrogen-bond donors (Lipinski definition) is 1. The summed E-state index contributed by atoms with van der Waals surface area (Å²) in [5, 5.41) is 0. The Labute approximate surface area is 102 Å². The van der Waals surface area contributed by atoms with Crippen LogP contribution in [0.3, 0.4) is 0 Å². The first-order valence-corrected chi connectivity index (χ1v) is 5.65. The van der Waals surface area contributed by atoms with Gasteiger partial charge in [0.25, 0.3) is 0 Å². The molecule has 3 nitrogen and oxygen atoms in total. The molecule has 0 saturated carbocycles. The molecule has 1 aromatic carbocycles. The van der Waals surface area contributed by atoms with Gasteiger partial charge in [-0.1, -0.05) is 12.1 Å². The van der Waals surface area contributed by atoms with Gasteiger partial charge < -0.3 is 10.5 Å². The van der Waals surface area contributed by atoms with Crippen LogP contribution in [0.25, 0.3) is 0 Å². The Hall–Kier alpha value is -1.39. The highest BCUT2D eigenvalue weighted by atomic mass is 79.9. The predicted octanol–water partition coefficient (Wildman–Crippen LogP) is 3.10. The average molecular weight is 279 g/mol. The standard InChI is InChI=1S/C12H11BrN2O/c13-11-3-1-2-4-12(11)16-10-5-9(6-14)7-15-8-10/h1-5,7-8H,6,14H2. The van der Waals surface area contributed by atoms with Crippen LogP contribution < -0.4 is 10.5 Å². The molecule has 1 heterocycles. The Morgan fingerprint density at radius 3 is 2.81 bits per heavy atom. The molecule has 4 heteroatoms. The largest absolute Gasteiger partial charge is 0.455 e. The summed E-state index contributed by atoms with van der Waals surface area (Å²) in [4.78, 5) is 4.06. The van der Waals surface area contributed by atoms with Crippen LogP contribution in [0.2, 0.25) is 0 Å². The predicted molar refractivity (Wildman–Crippen MR) is 66.3 cm³/mol. The lowest BCUT2D eigenvalue weighted by molar-refractivity contribution is 0.476. The van der Waals surface area contributed by atoms with Crippen LogP contribution in [0.4, 0.5) is 0 Å². The third-order valence-corrected chi connectivity index (χ3v) is 2.73. The summed E-state index contributed by atoms with van der Waals surface area (Å²) in [5.74, 6) is 1.45. The number of benzene rings is 1. The summed E-state index contributed by atoms with van der Waals surface area (Å²) >= 11 is 3.42. The number of aromatic nitrogens is 1. The van der Waals surface area contributed by atoms with Crippen LogP contribution in [0.15, 0.2) is 47.2 Å². The second-order valence-electron chi connectivity index (χ2n) is 3.27. The number of hydrogen-bond acceptors (Lipinski definition) is 3. The van der Waals surface area contributed by atoms with Crippen LogP contribution in [0, 0.1) is 0 Å². The van der Waals surface area contributed by atoms with E-state index >= 15 is 0 Å². The average Bonchev–Trinajstić information content (AvgIpc) is 2.32. The van der Waals surface area contributed by atoms with Gasteiger partial charge in [0.05, 0.1) is 10.7 Å². The van der Waals surface area contributed by atoms with E-state index in [2.05, 4.69) is 20.9 Å². The molecule has 0 atom stereocenters. The van der Waals surface area contributed by atoms with Gasteiger partial charge >= 0.3 is 0 Å². The van der Waals surface area contributed by atoms with Gasteiger partial charge in [0, 0.05) is 12.7 Å². The number of halogens is 1. The first-order chi connectivity index (χ1) is 7.79. The molecule has 1 aromatic heterocycles. The second kappa shape index (κ2) is 5.09. The number of nitrogens with zero attached hydrogens (tertiary/aromatic N) is 1. The van der Waals surface area contributed by atoms with Crippen LogP contribution in [0.5, 0.6) is 11.5 Å². The fourth-order valence-corrected chi connectivity index (χ4v) is 1.65. The Balaban J connectivity index is 2.24. The zero-order chi connectivity index (χ0) is 11.4. The van der Waals surface area contributed by atoms with Gasteiger partial charge in [-0.2, -0.15) is 0 Å². The first-order valence-electron chi connectivity index (χ1n) is 4.86. The van der Waals surface area contributed by atoms with E-state index in [1.807, 2.05) is 30.3 Å². The Morgan fingerprint density at radius 2 is 2.06 bits per heavy atom. The molecule has 82 valence electrons. The van der Waals surface area contributed by atoms with Gasteiger partial charge in [0.15, 0.2) is 0 Å². The topological polar surface area (TPSA) is 48.1 Å². The van der Waals surface area contributed by atoms with Crippen LogP contribution in [0.1, 0.15) is 5.56 Å². The van der Waals surface area contributed by atoms with Crippen molar-refractivity contribution in [3.05, 3.63) is 52.8 Å². The van der Waals surface area contributed by atoms with Crippen molar-refractivity contribution in [2.24, 2.45) is 5.73 Å². The molecule has 0 radical (unpaired) electrons. The van der Waals surface area contributed by atoms with Crippen molar-refractivity contribution in [3.8, 4) is 11.5 Å². The minimum atomic E-state index is 0.458. The maximum absolute atomic E-state index is 5.69. The minimum Gasteiger partial charge on any atom is -0.455 e. The molecular weight excluding hydrogens is 268 g/mol. The molecule has 0 amide bonds. The smallest absolute Gasteiger partial charge is 0.146 e. The fourth-order valence-electron chi connectivity index (χ4n) is 1.29. The van der Waals surface area contributed by atoms with Crippen LogP contribution in [-0.2, 0) is 6.54 Å². The number of rotatable bonds is 3. The van der Waals surface area contributed by atoms with Gasteiger partial charge in [-0.3, -0.25) is 4.98 Å². The van der Waals surface area contributed by atoms with E-state index in [1.165, 1.54) is 0 Å². The highest BCUT2D eigenvalue weighted by Gasteiger charge is 2.02. The van der Waals surface area contributed by atoms with Crippen LogP contribution in [-0.4, -0.2) is 4.98 Å². The number of ether oxygens (including phenoxy) is 1. The lowest BCUT2D eigenvalue weighted by atomic mass is 10.3. The van der Waals surface area contributed by atoms with E-state index < -0.39 is 0 Å². The van der Waals surface area contributed by atoms with E-state index in [1.54, 1.807) is 12.4 Å². The van der Waals surface area contributed by atoms with Crippen molar-refractivity contribution in [2.45, 2.75) is 6.54 Å². The Kier molecular flexibility index (Phi) is 3.54. The molecule has 0 aliphatic rings. The quantitative estimate of drug-likeness (QED) is 0.939. The lowest BCUT2D eigenvalue weighted by Gasteiger charge is -2.07. The molecule has 0 aliphatic heterocycles. The third kappa shape index (κ3) is 2.59. The minimum absolute atomic E-state index is 0.458. The SMILES string of the molecule is NCc1cncc(Oc2ccccc2Br)c1. The Morgan fingerprint density at radius 1 is 1.25 bits per heavy atom. The fraction of sp³-hybridized carbons (Fsp3) is 0.0833. The molecule has 2 aromatic rings. The maximum atomic E-state index is 5.69. The van der Waals surface area contributed by atoms with Crippen molar-refractivity contribution in [3.63, 3.8) is 0 Å². The van der Waals surface area contributed by atoms with E-state index in [4.69, 9.17) is 10.5 Å². The molecule has 2 N–H and O–H groups in total. The summed E-state index contributed by atoms with van der Waals surface area (Å²) in [6, 6.07) is 9.55. The summed E-state index contributed by atoms with van der Waals surface area (Å²) in [6.07, 6.45) is 3.39. The van der Waals surface area contributed by atoms with Crippen molar-refractivity contribution in [1.82, 2.24) is 4.98 Å². The van der Waals surface area contributed by atoms with Gasteiger partial charge in [-0.25, -0.2) is 0 Å². The van der Waals surface area contributed by atoms with E-state index in [9.17, 15) is 0 Å². The lowest BCUT2D eigenvalue weighted by Crippen LogP contribution is -1.97. The summed E-state index contributed by atoms with van der Waals surface area (Å²) in [7, 11) is 0. The number of para-hydroxylation sites is 1. The normalized spacial score (nSPS) is 10.1. The van der Waals surface area contributed by atoms with Crippen molar-refractivity contribution in [2.75, 3.05) is 0 Å². The molecule has 0 fully saturated rings. The second-order valence-corrected chi connectivity index (χ2v) is 4.12. The highest BCUT2D eigenvalue weighted by Crippen LogP contribution is 2.28. The summed E-state index contributed by atoms with van der Waals surface area (Å²) < 4.78 is 6.60. The van der Waals surface area contributed by atoms with Crippen molar-refractivity contribution in [1.29, 1.82) is 0 Å². The number of pyridine rings is 1. The van der Waals surface area contributed by atoms with E-state index in [-0.39, 0.29) is 0 Å².